The van der Waals surface area contributed by atoms with Crippen LogP contribution in [0.25, 0.3) is 0 Å². The van der Waals surface area contributed by atoms with Crippen LogP contribution in [-0.4, -0.2) is 32.5 Å². The summed E-state index contributed by atoms with van der Waals surface area (Å²) in [5.74, 6) is -1.43. The van der Waals surface area contributed by atoms with Crippen LogP contribution in [0.4, 0.5) is 0 Å². The van der Waals surface area contributed by atoms with Crippen LogP contribution in [0, 0.1) is 0 Å². The average Bonchev–Trinajstić information content (AvgIpc) is 1.81. The van der Waals surface area contributed by atoms with Crippen molar-refractivity contribution in [3.8, 4) is 0 Å². The van der Waals surface area contributed by atoms with Gasteiger partial charge in [-0.05, 0) is 13.8 Å². The molecule has 0 atom stereocenters. The molecule has 0 fully saturated rings. The smallest absolute Gasteiger partial charge is 0.321 e. The van der Waals surface area contributed by atoms with Gasteiger partial charge in [0.05, 0.1) is 12.4 Å². The van der Waals surface area contributed by atoms with Gasteiger partial charge in [0.15, 0.2) is 9.84 Å². The van der Waals surface area contributed by atoms with Crippen LogP contribution in [0.3, 0.4) is 0 Å². The summed E-state index contributed by atoms with van der Waals surface area (Å²) in [5, 5.41) is 0. The van der Waals surface area contributed by atoms with E-state index in [0.717, 1.165) is 0 Å². The maximum Gasteiger partial charge on any atom is 0.321 e. The lowest BCUT2D eigenvalue weighted by molar-refractivity contribution is -0.139. The fraction of sp³-hybridized carbons (Fsp3) is 0.625. The number of hydrogen-bond acceptors (Lipinski definition) is 4. The second-order valence-corrected chi connectivity index (χ2v) is 4.86. The molecule has 0 amide bonds. The molecule has 0 saturated carbocycles. The molecule has 0 heterocycles. The highest BCUT2D eigenvalue weighted by Crippen LogP contribution is 1.98. The molecule has 0 aliphatic heterocycles. The van der Waals surface area contributed by atoms with E-state index >= 15 is 0 Å². The van der Waals surface area contributed by atoms with Gasteiger partial charge >= 0.3 is 5.97 Å². The van der Waals surface area contributed by atoms with Crippen molar-refractivity contribution in [2.75, 3.05) is 18.1 Å². The van der Waals surface area contributed by atoms with Crippen molar-refractivity contribution in [1.29, 1.82) is 0 Å². The minimum Gasteiger partial charge on any atom is -0.465 e. The van der Waals surface area contributed by atoms with Crippen molar-refractivity contribution < 1.29 is 17.9 Å². The van der Waals surface area contributed by atoms with Crippen molar-refractivity contribution in [3.05, 3.63) is 12.2 Å². The SMILES string of the molecule is C=C(C)CS(=O)(=O)CC(=O)OCC. The molecule has 4 nitrogen and oxygen atoms in total. The topological polar surface area (TPSA) is 60.4 Å². The largest absolute Gasteiger partial charge is 0.465 e. The summed E-state index contributed by atoms with van der Waals surface area (Å²) in [7, 11) is -3.38. The van der Waals surface area contributed by atoms with Crippen LogP contribution >= 0.6 is 0 Å². The number of rotatable bonds is 5. The zero-order chi connectivity index (χ0) is 10.5. The molecule has 0 N–H and O–H groups in total. The number of carbonyl (C=O) groups excluding carboxylic acids is 1. The van der Waals surface area contributed by atoms with Crippen molar-refractivity contribution in [2.24, 2.45) is 0 Å². The van der Waals surface area contributed by atoms with Gasteiger partial charge in [0.25, 0.3) is 0 Å². The molecule has 13 heavy (non-hydrogen) atoms. The Hall–Kier alpha value is -0.840. The predicted octanol–water partition coefficient (Wildman–Crippen LogP) is 0.540. The van der Waals surface area contributed by atoms with Gasteiger partial charge in [-0.1, -0.05) is 12.2 Å². The molecule has 0 radical (unpaired) electrons. The summed E-state index contributed by atoms with van der Waals surface area (Å²) in [6.07, 6.45) is 0. The minimum absolute atomic E-state index is 0.161. The van der Waals surface area contributed by atoms with Gasteiger partial charge in [-0.2, -0.15) is 0 Å². The summed E-state index contributed by atoms with van der Waals surface area (Å²) in [6.45, 7) is 6.89. The van der Waals surface area contributed by atoms with Gasteiger partial charge in [0, 0.05) is 0 Å². The summed E-state index contributed by atoms with van der Waals surface area (Å²) in [4.78, 5) is 10.8. The van der Waals surface area contributed by atoms with Crippen LogP contribution in [-0.2, 0) is 19.4 Å². The Labute approximate surface area is 78.5 Å². The third-order valence-electron chi connectivity index (χ3n) is 1.11. The molecule has 0 unspecified atom stereocenters. The first-order valence-electron chi connectivity index (χ1n) is 3.88. The molecule has 5 heteroatoms. The second kappa shape index (κ2) is 5.01. The molecule has 0 aromatic heterocycles. The molecule has 0 rings (SSSR count). The Morgan fingerprint density at radius 3 is 2.31 bits per heavy atom. The van der Waals surface area contributed by atoms with Gasteiger partial charge < -0.3 is 4.74 Å². The maximum absolute atomic E-state index is 11.2. The molecule has 0 aliphatic rings. The molecule has 0 bridgehead atoms. The van der Waals surface area contributed by atoms with E-state index < -0.39 is 21.6 Å². The van der Waals surface area contributed by atoms with E-state index in [0.29, 0.717) is 5.57 Å². The number of ether oxygens (including phenoxy) is 1. The molecule has 76 valence electrons. The van der Waals surface area contributed by atoms with Crippen molar-refractivity contribution in [3.63, 3.8) is 0 Å². The molecule has 0 spiro atoms. The number of esters is 1. The molecular formula is C8H14O4S. The van der Waals surface area contributed by atoms with Gasteiger partial charge in [0.2, 0.25) is 0 Å². The van der Waals surface area contributed by atoms with Crippen LogP contribution in [0.2, 0.25) is 0 Å². The van der Waals surface area contributed by atoms with Gasteiger partial charge in [0.1, 0.15) is 5.75 Å². The first-order valence-corrected chi connectivity index (χ1v) is 5.70. The number of hydrogen-bond donors (Lipinski definition) is 0. The Balaban J connectivity index is 4.18. The first kappa shape index (κ1) is 12.2. The van der Waals surface area contributed by atoms with E-state index in [2.05, 4.69) is 11.3 Å². The van der Waals surface area contributed by atoms with Crippen LogP contribution in [0.15, 0.2) is 12.2 Å². The lowest BCUT2D eigenvalue weighted by atomic mass is 10.4. The van der Waals surface area contributed by atoms with Crippen LogP contribution in [0.5, 0.6) is 0 Å². The molecule has 0 aromatic carbocycles. The minimum atomic E-state index is -3.38. The molecule has 0 aliphatic carbocycles. The van der Waals surface area contributed by atoms with E-state index in [9.17, 15) is 13.2 Å². The Kier molecular flexibility index (Phi) is 4.69. The molecule has 0 saturated heterocycles. The molecular weight excluding hydrogens is 192 g/mol. The summed E-state index contributed by atoms with van der Waals surface area (Å²) in [6, 6.07) is 0. The number of sulfone groups is 1. The van der Waals surface area contributed by atoms with E-state index in [1.54, 1.807) is 13.8 Å². The van der Waals surface area contributed by atoms with Crippen molar-refractivity contribution in [1.82, 2.24) is 0 Å². The lowest BCUT2D eigenvalue weighted by Gasteiger charge is -2.03. The van der Waals surface area contributed by atoms with Gasteiger partial charge in [-0.3, -0.25) is 4.79 Å². The van der Waals surface area contributed by atoms with Crippen molar-refractivity contribution in [2.45, 2.75) is 13.8 Å². The number of carbonyl (C=O) groups is 1. The monoisotopic (exact) mass is 206 g/mol. The Morgan fingerprint density at radius 2 is 1.92 bits per heavy atom. The zero-order valence-electron chi connectivity index (χ0n) is 7.87. The normalized spacial score (nSPS) is 10.9. The standard InChI is InChI=1S/C8H14O4S/c1-4-12-8(9)6-13(10,11)5-7(2)3/h2,4-6H2,1,3H3. The fourth-order valence-electron chi connectivity index (χ4n) is 0.809. The molecule has 0 aromatic rings. The zero-order valence-corrected chi connectivity index (χ0v) is 8.69. The Bertz CT molecular complexity index is 289. The maximum atomic E-state index is 11.2. The van der Waals surface area contributed by atoms with Gasteiger partial charge in [-0.15, -0.1) is 0 Å². The van der Waals surface area contributed by atoms with E-state index in [1.807, 2.05) is 0 Å². The van der Waals surface area contributed by atoms with E-state index in [-0.39, 0.29) is 12.4 Å². The third kappa shape index (κ3) is 6.33. The quantitative estimate of drug-likeness (QED) is 0.486. The highest BCUT2D eigenvalue weighted by molar-refractivity contribution is 7.92. The van der Waals surface area contributed by atoms with Gasteiger partial charge in [-0.25, -0.2) is 8.42 Å². The van der Waals surface area contributed by atoms with E-state index in [4.69, 9.17) is 0 Å². The van der Waals surface area contributed by atoms with Crippen molar-refractivity contribution >= 4 is 15.8 Å². The lowest BCUT2D eigenvalue weighted by Crippen LogP contribution is -2.21. The average molecular weight is 206 g/mol. The predicted molar refractivity (Wildman–Crippen MR) is 50.1 cm³/mol. The van der Waals surface area contributed by atoms with Crippen LogP contribution in [0.1, 0.15) is 13.8 Å². The highest BCUT2D eigenvalue weighted by Gasteiger charge is 2.17. The Morgan fingerprint density at radius 1 is 1.38 bits per heavy atom. The fourth-order valence-corrected chi connectivity index (χ4v) is 2.10. The van der Waals surface area contributed by atoms with Crippen LogP contribution < -0.4 is 0 Å². The summed E-state index contributed by atoms with van der Waals surface area (Å²) in [5.41, 5.74) is 0.518. The first-order chi connectivity index (χ1) is 5.87. The summed E-state index contributed by atoms with van der Waals surface area (Å²) < 4.78 is 26.8. The summed E-state index contributed by atoms with van der Waals surface area (Å²) >= 11 is 0. The highest BCUT2D eigenvalue weighted by atomic mass is 32.2. The van der Waals surface area contributed by atoms with E-state index in [1.165, 1.54) is 0 Å². The third-order valence-corrected chi connectivity index (χ3v) is 2.72. The second-order valence-electron chi connectivity index (χ2n) is 2.79.